The number of halogens is 1. The van der Waals surface area contributed by atoms with Gasteiger partial charge in [-0.1, -0.05) is 22.9 Å². The Hall–Kier alpha value is -0.770. The van der Waals surface area contributed by atoms with E-state index in [1.165, 1.54) is 0 Å². The van der Waals surface area contributed by atoms with Crippen molar-refractivity contribution in [3.63, 3.8) is 0 Å². The minimum atomic E-state index is 0.132. The monoisotopic (exact) mass is 327 g/mol. The van der Waals surface area contributed by atoms with Crippen molar-refractivity contribution in [2.24, 2.45) is 5.92 Å². The summed E-state index contributed by atoms with van der Waals surface area (Å²) in [4.78, 5) is 15.1. The average Bonchev–Trinajstić information content (AvgIpc) is 2.62. The van der Waals surface area contributed by atoms with E-state index in [0.29, 0.717) is 10.7 Å². The molecule has 4 heteroatoms. The number of piperidine rings is 1. The van der Waals surface area contributed by atoms with Crippen molar-refractivity contribution in [2.45, 2.75) is 45.4 Å². The maximum absolute atomic E-state index is 12.6. The second kappa shape index (κ2) is 5.70. The molecule has 1 fully saturated rings. The lowest BCUT2D eigenvalue weighted by molar-refractivity contribution is 0.0689. The summed E-state index contributed by atoms with van der Waals surface area (Å²) in [6, 6.07) is 0. The highest BCUT2D eigenvalue weighted by Crippen LogP contribution is 2.28. The molecular formula is C15H22BrNO2. The second-order valence-corrected chi connectivity index (χ2v) is 6.97. The van der Waals surface area contributed by atoms with Crippen LogP contribution in [0.25, 0.3) is 0 Å². The number of hydrogen-bond donors (Lipinski definition) is 0. The molecule has 1 amide bonds. The third-order valence-corrected chi connectivity index (χ3v) is 5.00. The Kier molecular flexibility index (Phi) is 4.39. The highest BCUT2D eigenvalue weighted by Gasteiger charge is 2.28. The van der Waals surface area contributed by atoms with Gasteiger partial charge in [0.15, 0.2) is 0 Å². The van der Waals surface area contributed by atoms with Crippen molar-refractivity contribution in [2.75, 3.05) is 13.1 Å². The standard InChI is InChI=1S/C15H22BrNO2/c1-9-11(3)19-12(4)14(9)15(18)17-7-5-13(6-8-17)10(2)16/h10,13H,5-8H2,1-4H3. The van der Waals surface area contributed by atoms with Gasteiger partial charge in [0.1, 0.15) is 11.5 Å². The molecule has 0 aromatic carbocycles. The quantitative estimate of drug-likeness (QED) is 0.773. The molecule has 1 atom stereocenters. The molecule has 1 saturated heterocycles. The van der Waals surface area contributed by atoms with Crippen LogP contribution in [0.1, 0.15) is 47.2 Å². The van der Waals surface area contributed by atoms with Gasteiger partial charge in [0, 0.05) is 23.5 Å². The van der Waals surface area contributed by atoms with Gasteiger partial charge in [0.2, 0.25) is 0 Å². The zero-order valence-electron chi connectivity index (χ0n) is 12.1. The Bertz CT molecular complexity index is 471. The molecule has 1 aliphatic rings. The molecule has 0 bridgehead atoms. The van der Waals surface area contributed by atoms with Gasteiger partial charge in [0.25, 0.3) is 5.91 Å². The Morgan fingerprint density at radius 2 is 1.84 bits per heavy atom. The molecule has 0 spiro atoms. The van der Waals surface area contributed by atoms with E-state index >= 15 is 0 Å². The van der Waals surface area contributed by atoms with E-state index in [0.717, 1.165) is 48.6 Å². The fraction of sp³-hybridized carbons (Fsp3) is 0.667. The molecule has 19 heavy (non-hydrogen) atoms. The number of alkyl halides is 1. The van der Waals surface area contributed by atoms with Crippen LogP contribution >= 0.6 is 15.9 Å². The summed E-state index contributed by atoms with van der Waals surface area (Å²) in [6.07, 6.45) is 2.15. The summed E-state index contributed by atoms with van der Waals surface area (Å²) in [5.74, 6) is 2.41. The van der Waals surface area contributed by atoms with E-state index < -0.39 is 0 Å². The largest absolute Gasteiger partial charge is 0.466 e. The first-order valence-electron chi connectivity index (χ1n) is 6.91. The zero-order chi connectivity index (χ0) is 14.2. The number of likely N-dealkylation sites (tertiary alicyclic amines) is 1. The summed E-state index contributed by atoms with van der Waals surface area (Å²) in [6.45, 7) is 9.64. The molecule has 1 unspecified atom stereocenters. The van der Waals surface area contributed by atoms with Gasteiger partial charge in [0.05, 0.1) is 5.56 Å². The van der Waals surface area contributed by atoms with Gasteiger partial charge in [-0.3, -0.25) is 4.79 Å². The maximum Gasteiger partial charge on any atom is 0.257 e. The molecule has 0 aliphatic carbocycles. The first-order chi connectivity index (χ1) is 8.91. The first-order valence-corrected chi connectivity index (χ1v) is 7.83. The predicted octanol–water partition coefficient (Wildman–Crippen LogP) is 3.84. The highest BCUT2D eigenvalue weighted by molar-refractivity contribution is 9.09. The number of hydrogen-bond acceptors (Lipinski definition) is 2. The van der Waals surface area contributed by atoms with Crippen LogP contribution in [-0.2, 0) is 0 Å². The van der Waals surface area contributed by atoms with Crippen LogP contribution in [0.3, 0.4) is 0 Å². The summed E-state index contributed by atoms with van der Waals surface area (Å²) in [5.41, 5.74) is 1.75. The van der Waals surface area contributed by atoms with E-state index in [-0.39, 0.29) is 5.91 Å². The molecule has 0 N–H and O–H groups in total. The van der Waals surface area contributed by atoms with E-state index in [1.54, 1.807) is 0 Å². The van der Waals surface area contributed by atoms with Gasteiger partial charge >= 0.3 is 0 Å². The van der Waals surface area contributed by atoms with Crippen molar-refractivity contribution >= 4 is 21.8 Å². The predicted molar refractivity (Wildman–Crippen MR) is 79.9 cm³/mol. The Morgan fingerprint density at radius 3 is 2.26 bits per heavy atom. The van der Waals surface area contributed by atoms with E-state index in [4.69, 9.17) is 4.42 Å². The summed E-state index contributed by atoms with van der Waals surface area (Å²) >= 11 is 3.65. The first kappa shape index (κ1) is 14.6. The number of carbonyl (C=O) groups is 1. The van der Waals surface area contributed by atoms with Gasteiger partial charge < -0.3 is 9.32 Å². The molecule has 1 aromatic rings. The Labute approximate surface area is 123 Å². The van der Waals surface area contributed by atoms with Gasteiger partial charge in [-0.2, -0.15) is 0 Å². The molecular weight excluding hydrogens is 306 g/mol. The Balaban J connectivity index is 2.10. The maximum atomic E-state index is 12.6. The average molecular weight is 328 g/mol. The van der Waals surface area contributed by atoms with Gasteiger partial charge in [-0.15, -0.1) is 0 Å². The molecule has 0 saturated carbocycles. The Morgan fingerprint density at radius 1 is 1.26 bits per heavy atom. The number of furan rings is 1. The van der Waals surface area contributed by atoms with Crippen molar-refractivity contribution in [3.8, 4) is 0 Å². The molecule has 1 aliphatic heterocycles. The number of nitrogens with zero attached hydrogens (tertiary/aromatic N) is 1. The fourth-order valence-electron chi connectivity index (χ4n) is 2.83. The lowest BCUT2D eigenvalue weighted by atomic mass is 9.93. The lowest BCUT2D eigenvalue weighted by Crippen LogP contribution is -2.40. The third kappa shape index (κ3) is 2.88. The molecule has 2 heterocycles. The van der Waals surface area contributed by atoms with Crippen molar-refractivity contribution in [3.05, 3.63) is 22.6 Å². The number of aryl methyl sites for hydroxylation is 2. The normalized spacial score (nSPS) is 18.7. The van der Waals surface area contributed by atoms with Crippen molar-refractivity contribution in [1.29, 1.82) is 0 Å². The van der Waals surface area contributed by atoms with Crippen LogP contribution in [-0.4, -0.2) is 28.7 Å². The smallest absolute Gasteiger partial charge is 0.257 e. The van der Waals surface area contributed by atoms with E-state index in [9.17, 15) is 4.79 Å². The van der Waals surface area contributed by atoms with Crippen molar-refractivity contribution < 1.29 is 9.21 Å². The summed E-state index contributed by atoms with van der Waals surface area (Å²) < 4.78 is 5.56. The summed E-state index contributed by atoms with van der Waals surface area (Å²) in [5, 5.41) is 0. The van der Waals surface area contributed by atoms with Gasteiger partial charge in [-0.25, -0.2) is 0 Å². The fourth-order valence-corrected chi connectivity index (χ4v) is 3.36. The van der Waals surface area contributed by atoms with Crippen LogP contribution in [0.4, 0.5) is 0 Å². The topological polar surface area (TPSA) is 33.5 Å². The molecule has 1 aromatic heterocycles. The zero-order valence-corrected chi connectivity index (χ0v) is 13.7. The van der Waals surface area contributed by atoms with Gasteiger partial charge in [-0.05, 0) is 39.5 Å². The van der Waals surface area contributed by atoms with Crippen LogP contribution in [0, 0.1) is 26.7 Å². The van der Waals surface area contributed by atoms with Crippen LogP contribution in [0.15, 0.2) is 4.42 Å². The minimum Gasteiger partial charge on any atom is -0.466 e. The number of carbonyl (C=O) groups excluding carboxylic acids is 1. The second-order valence-electron chi connectivity index (χ2n) is 5.52. The lowest BCUT2D eigenvalue weighted by Gasteiger charge is -2.33. The van der Waals surface area contributed by atoms with Crippen LogP contribution in [0.5, 0.6) is 0 Å². The third-order valence-electron chi connectivity index (χ3n) is 4.25. The van der Waals surface area contributed by atoms with E-state index in [1.807, 2.05) is 25.7 Å². The van der Waals surface area contributed by atoms with Crippen LogP contribution in [0.2, 0.25) is 0 Å². The summed E-state index contributed by atoms with van der Waals surface area (Å²) in [7, 11) is 0. The molecule has 2 rings (SSSR count). The minimum absolute atomic E-state index is 0.132. The molecule has 3 nitrogen and oxygen atoms in total. The van der Waals surface area contributed by atoms with Crippen LogP contribution < -0.4 is 0 Å². The molecule has 106 valence electrons. The number of amides is 1. The van der Waals surface area contributed by atoms with Crippen molar-refractivity contribution in [1.82, 2.24) is 4.90 Å². The SMILES string of the molecule is Cc1oc(C)c(C(=O)N2CCC(C(C)Br)CC2)c1C. The highest BCUT2D eigenvalue weighted by atomic mass is 79.9. The van der Waals surface area contributed by atoms with E-state index in [2.05, 4.69) is 22.9 Å². The number of rotatable bonds is 2. The molecule has 0 radical (unpaired) electrons.